The molecule has 0 bridgehead atoms. The van der Waals surface area contributed by atoms with Crippen LogP contribution < -0.4 is 15.5 Å². The van der Waals surface area contributed by atoms with Crippen LogP contribution in [-0.2, 0) is 17.9 Å². The number of para-hydroxylation sites is 1. The zero-order valence-electron chi connectivity index (χ0n) is 18.8. The molecule has 1 aliphatic rings. The SMILES string of the molecule is CCN(CCCNC(=NC)NCc1cccc(CN2CCCC2=O)c1)c1ccccc1. The third-order valence-electron chi connectivity index (χ3n) is 5.62. The summed E-state index contributed by atoms with van der Waals surface area (Å²) in [6.07, 6.45) is 2.69. The lowest BCUT2D eigenvalue weighted by molar-refractivity contribution is -0.128. The lowest BCUT2D eigenvalue weighted by Gasteiger charge is -2.23. The average molecular weight is 422 g/mol. The van der Waals surface area contributed by atoms with E-state index in [2.05, 4.69) is 82.0 Å². The highest BCUT2D eigenvalue weighted by molar-refractivity contribution is 5.79. The number of hydrogen-bond acceptors (Lipinski definition) is 3. The van der Waals surface area contributed by atoms with Crippen molar-refractivity contribution in [3.8, 4) is 0 Å². The first kappa shape index (κ1) is 22.7. The van der Waals surface area contributed by atoms with Gasteiger partial charge < -0.3 is 20.4 Å². The Morgan fingerprint density at radius 2 is 1.90 bits per heavy atom. The van der Waals surface area contributed by atoms with E-state index in [9.17, 15) is 4.79 Å². The fourth-order valence-electron chi connectivity index (χ4n) is 3.92. The minimum Gasteiger partial charge on any atom is -0.372 e. The summed E-state index contributed by atoms with van der Waals surface area (Å²) >= 11 is 0. The van der Waals surface area contributed by atoms with Crippen LogP contribution in [0.2, 0.25) is 0 Å². The molecule has 0 spiro atoms. The molecule has 6 nitrogen and oxygen atoms in total. The molecule has 1 fully saturated rings. The van der Waals surface area contributed by atoms with Gasteiger partial charge in [-0.1, -0.05) is 42.5 Å². The first-order valence-corrected chi connectivity index (χ1v) is 11.3. The number of carbonyl (C=O) groups is 1. The van der Waals surface area contributed by atoms with E-state index in [1.807, 2.05) is 4.90 Å². The molecular weight excluding hydrogens is 386 g/mol. The molecular formula is C25H35N5O. The minimum absolute atomic E-state index is 0.266. The maximum absolute atomic E-state index is 11.9. The van der Waals surface area contributed by atoms with Crippen LogP contribution in [0.5, 0.6) is 0 Å². The second kappa shape index (κ2) is 12.0. The second-order valence-electron chi connectivity index (χ2n) is 7.86. The fraction of sp³-hybridized carbons (Fsp3) is 0.440. The average Bonchev–Trinajstić information content (AvgIpc) is 3.21. The molecule has 0 aromatic heterocycles. The van der Waals surface area contributed by atoms with Crippen LogP contribution in [0.4, 0.5) is 5.69 Å². The smallest absolute Gasteiger partial charge is 0.222 e. The summed E-state index contributed by atoms with van der Waals surface area (Å²) in [7, 11) is 1.80. The Morgan fingerprint density at radius 3 is 2.61 bits per heavy atom. The fourth-order valence-corrected chi connectivity index (χ4v) is 3.92. The van der Waals surface area contributed by atoms with E-state index >= 15 is 0 Å². The molecule has 31 heavy (non-hydrogen) atoms. The number of anilines is 1. The Hall–Kier alpha value is -3.02. The molecule has 2 N–H and O–H groups in total. The molecule has 166 valence electrons. The van der Waals surface area contributed by atoms with Crippen molar-refractivity contribution in [2.24, 2.45) is 4.99 Å². The van der Waals surface area contributed by atoms with Gasteiger partial charge in [0.25, 0.3) is 0 Å². The van der Waals surface area contributed by atoms with Crippen LogP contribution in [0.25, 0.3) is 0 Å². The molecule has 1 saturated heterocycles. The number of aliphatic imine (C=N–C) groups is 1. The molecule has 1 heterocycles. The van der Waals surface area contributed by atoms with Gasteiger partial charge in [0.2, 0.25) is 5.91 Å². The van der Waals surface area contributed by atoms with Crippen molar-refractivity contribution < 1.29 is 4.79 Å². The Labute approximate surface area is 186 Å². The summed E-state index contributed by atoms with van der Waals surface area (Å²) in [4.78, 5) is 20.5. The van der Waals surface area contributed by atoms with Gasteiger partial charge in [-0.25, -0.2) is 0 Å². The summed E-state index contributed by atoms with van der Waals surface area (Å²) in [6, 6.07) is 19.0. The number of nitrogens with zero attached hydrogens (tertiary/aromatic N) is 3. The zero-order valence-corrected chi connectivity index (χ0v) is 18.8. The molecule has 0 radical (unpaired) electrons. The number of amides is 1. The van der Waals surface area contributed by atoms with Crippen molar-refractivity contribution in [2.75, 3.05) is 38.1 Å². The van der Waals surface area contributed by atoms with Crippen molar-refractivity contribution in [2.45, 2.75) is 39.3 Å². The Balaban J connectivity index is 1.41. The maximum atomic E-state index is 11.9. The molecule has 2 aromatic rings. The lowest BCUT2D eigenvalue weighted by atomic mass is 10.1. The normalized spacial score (nSPS) is 14.1. The number of nitrogens with one attached hydrogen (secondary N) is 2. The van der Waals surface area contributed by atoms with Crippen LogP contribution in [-0.4, -0.2) is 50.0 Å². The molecule has 0 atom stereocenters. The van der Waals surface area contributed by atoms with Crippen LogP contribution in [0, 0.1) is 0 Å². The highest BCUT2D eigenvalue weighted by Crippen LogP contribution is 2.15. The van der Waals surface area contributed by atoms with Gasteiger partial charge in [-0.2, -0.15) is 0 Å². The largest absolute Gasteiger partial charge is 0.372 e. The summed E-state index contributed by atoms with van der Waals surface area (Å²) in [5.74, 6) is 1.07. The van der Waals surface area contributed by atoms with Crippen LogP contribution >= 0.6 is 0 Å². The van der Waals surface area contributed by atoms with E-state index in [1.54, 1.807) is 7.05 Å². The summed E-state index contributed by atoms with van der Waals surface area (Å²) in [5, 5.41) is 6.80. The van der Waals surface area contributed by atoms with Gasteiger partial charge in [-0.3, -0.25) is 9.79 Å². The predicted molar refractivity (Wildman–Crippen MR) is 128 cm³/mol. The molecule has 1 amide bonds. The molecule has 6 heteroatoms. The lowest BCUT2D eigenvalue weighted by Crippen LogP contribution is -2.38. The van der Waals surface area contributed by atoms with Gasteiger partial charge in [0, 0.05) is 58.4 Å². The summed E-state index contributed by atoms with van der Waals surface area (Å²) in [5.41, 5.74) is 3.63. The molecule has 0 unspecified atom stereocenters. The van der Waals surface area contributed by atoms with Crippen LogP contribution in [0.1, 0.15) is 37.3 Å². The van der Waals surface area contributed by atoms with E-state index in [4.69, 9.17) is 0 Å². The van der Waals surface area contributed by atoms with Gasteiger partial charge in [-0.15, -0.1) is 0 Å². The molecule has 1 aliphatic heterocycles. The third-order valence-corrected chi connectivity index (χ3v) is 5.62. The van der Waals surface area contributed by atoms with Crippen molar-refractivity contribution in [1.29, 1.82) is 0 Å². The van der Waals surface area contributed by atoms with Gasteiger partial charge in [0.05, 0.1) is 0 Å². The topological polar surface area (TPSA) is 60.0 Å². The van der Waals surface area contributed by atoms with E-state index < -0.39 is 0 Å². The zero-order chi connectivity index (χ0) is 21.9. The Morgan fingerprint density at radius 1 is 1.10 bits per heavy atom. The third kappa shape index (κ3) is 7.02. The predicted octanol–water partition coefficient (Wildman–Crippen LogP) is 3.39. The monoisotopic (exact) mass is 421 g/mol. The van der Waals surface area contributed by atoms with Crippen molar-refractivity contribution in [3.63, 3.8) is 0 Å². The van der Waals surface area contributed by atoms with Gasteiger partial charge in [-0.05, 0) is 43.0 Å². The second-order valence-corrected chi connectivity index (χ2v) is 7.86. The number of rotatable bonds is 10. The van der Waals surface area contributed by atoms with Crippen molar-refractivity contribution in [3.05, 3.63) is 65.7 Å². The summed E-state index contributed by atoms with van der Waals surface area (Å²) in [6.45, 7) is 7.33. The van der Waals surface area contributed by atoms with Gasteiger partial charge in [0.1, 0.15) is 0 Å². The highest BCUT2D eigenvalue weighted by Gasteiger charge is 2.19. The minimum atomic E-state index is 0.266. The van der Waals surface area contributed by atoms with E-state index in [-0.39, 0.29) is 5.91 Å². The highest BCUT2D eigenvalue weighted by atomic mass is 16.2. The maximum Gasteiger partial charge on any atom is 0.222 e. The van der Waals surface area contributed by atoms with E-state index in [1.165, 1.54) is 16.8 Å². The number of benzene rings is 2. The number of guanidine groups is 1. The van der Waals surface area contributed by atoms with Crippen LogP contribution in [0.3, 0.4) is 0 Å². The standard InChI is InChI=1S/C25H35N5O/c1-3-29(23-12-5-4-6-13-23)17-9-15-27-25(26-2)28-19-21-10-7-11-22(18-21)20-30-16-8-14-24(30)31/h4-7,10-13,18H,3,8-9,14-17,19-20H2,1-2H3,(H2,26,27,28). The molecule has 3 rings (SSSR count). The number of carbonyl (C=O) groups excluding carboxylic acids is 1. The van der Waals surface area contributed by atoms with Crippen LogP contribution in [0.15, 0.2) is 59.6 Å². The summed E-state index contributed by atoms with van der Waals surface area (Å²) < 4.78 is 0. The van der Waals surface area contributed by atoms with Crippen molar-refractivity contribution in [1.82, 2.24) is 15.5 Å². The molecule has 0 aliphatic carbocycles. The van der Waals surface area contributed by atoms with Gasteiger partial charge in [0.15, 0.2) is 5.96 Å². The Bertz CT molecular complexity index is 852. The van der Waals surface area contributed by atoms with E-state index in [0.29, 0.717) is 19.5 Å². The first-order chi connectivity index (χ1) is 15.2. The van der Waals surface area contributed by atoms with Crippen molar-refractivity contribution >= 4 is 17.6 Å². The number of likely N-dealkylation sites (tertiary alicyclic amines) is 1. The molecule has 0 saturated carbocycles. The number of hydrogen-bond donors (Lipinski definition) is 2. The first-order valence-electron chi connectivity index (χ1n) is 11.3. The van der Waals surface area contributed by atoms with E-state index in [0.717, 1.165) is 45.0 Å². The molecule has 2 aromatic carbocycles. The van der Waals surface area contributed by atoms with Gasteiger partial charge >= 0.3 is 0 Å². The quantitative estimate of drug-likeness (QED) is 0.351. The Kier molecular flexibility index (Phi) is 8.76.